The van der Waals surface area contributed by atoms with Crippen molar-refractivity contribution in [3.05, 3.63) is 83.0 Å². The maximum atomic E-state index is 10.8. The van der Waals surface area contributed by atoms with E-state index < -0.39 is 5.97 Å². The molecule has 0 amide bonds. The molecule has 0 atom stereocenters. The minimum absolute atomic E-state index is 0.0162. The molecule has 0 unspecified atom stereocenters. The third-order valence-corrected chi connectivity index (χ3v) is 3.92. The first kappa shape index (κ1) is 16.9. The van der Waals surface area contributed by atoms with Crippen LogP contribution in [0, 0.1) is 0 Å². The van der Waals surface area contributed by atoms with Crippen molar-refractivity contribution in [1.82, 2.24) is 10.1 Å². The predicted molar refractivity (Wildman–Crippen MR) is 94.5 cm³/mol. The number of nitrogens with zero attached hydrogens (tertiary/aromatic N) is 2. The number of hydrogen-bond acceptors (Lipinski definition) is 4. The summed E-state index contributed by atoms with van der Waals surface area (Å²) in [7, 11) is 0. The first-order chi connectivity index (χ1) is 12.0. The number of hydrogen-bond donors (Lipinski definition) is 1. The summed E-state index contributed by atoms with van der Waals surface area (Å²) in [6, 6.07) is 15.7. The third-order valence-electron chi connectivity index (χ3n) is 3.67. The van der Waals surface area contributed by atoms with Crippen LogP contribution in [-0.4, -0.2) is 21.2 Å². The molecule has 0 bridgehead atoms. The maximum absolute atomic E-state index is 10.8. The van der Waals surface area contributed by atoms with E-state index >= 15 is 0 Å². The molecule has 1 N–H and O–H groups in total. The molecule has 0 spiro atoms. The topological polar surface area (TPSA) is 76.2 Å². The molecule has 25 heavy (non-hydrogen) atoms. The highest BCUT2D eigenvalue weighted by molar-refractivity contribution is 6.30. The number of aliphatic carboxylic acids is 1. The lowest BCUT2D eigenvalue weighted by atomic mass is 10.0. The summed E-state index contributed by atoms with van der Waals surface area (Å²) in [6.07, 6.45) is 0.543. The molecule has 0 saturated heterocycles. The zero-order chi connectivity index (χ0) is 17.8. The van der Waals surface area contributed by atoms with Crippen molar-refractivity contribution in [2.45, 2.75) is 12.8 Å². The number of halogens is 1. The van der Waals surface area contributed by atoms with Gasteiger partial charge < -0.3 is 9.63 Å². The van der Waals surface area contributed by atoms with Crippen LogP contribution in [0.2, 0.25) is 5.02 Å². The SMILES string of the molecule is C=C(Cc1nc(Cc2ccc(-c3ccc(Cl)cc3)cc2)no1)C(=O)O. The standard InChI is InChI=1S/C19H15ClN2O3/c1-12(19(23)24)10-18-21-17(22-25-18)11-13-2-4-14(5-3-13)15-6-8-16(20)9-7-15/h2-9H,1,10-11H2,(H,23,24). The van der Waals surface area contributed by atoms with Gasteiger partial charge in [-0.15, -0.1) is 0 Å². The number of benzene rings is 2. The predicted octanol–water partition coefficient (Wildman–Crippen LogP) is 4.16. The summed E-state index contributed by atoms with van der Waals surface area (Å²) in [5.41, 5.74) is 3.22. The van der Waals surface area contributed by atoms with E-state index in [1.165, 1.54) is 0 Å². The van der Waals surface area contributed by atoms with Crippen LogP contribution in [0.3, 0.4) is 0 Å². The molecule has 0 aliphatic heterocycles. The Morgan fingerprint density at radius 2 is 1.68 bits per heavy atom. The molecule has 2 aromatic carbocycles. The monoisotopic (exact) mass is 354 g/mol. The molecule has 1 aromatic heterocycles. The van der Waals surface area contributed by atoms with Gasteiger partial charge in [-0.3, -0.25) is 0 Å². The van der Waals surface area contributed by atoms with Crippen molar-refractivity contribution in [1.29, 1.82) is 0 Å². The van der Waals surface area contributed by atoms with E-state index in [0.29, 0.717) is 17.3 Å². The Bertz CT molecular complexity index is 899. The first-order valence-electron chi connectivity index (χ1n) is 7.58. The average molecular weight is 355 g/mol. The molecule has 3 rings (SSSR count). The molecule has 0 aliphatic rings. The van der Waals surface area contributed by atoms with Crippen molar-refractivity contribution in [3.63, 3.8) is 0 Å². The van der Waals surface area contributed by atoms with E-state index in [-0.39, 0.29) is 17.9 Å². The average Bonchev–Trinajstić information content (AvgIpc) is 3.03. The van der Waals surface area contributed by atoms with Crippen LogP contribution >= 0.6 is 11.6 Å². The van der Waals surface area contributed by atoms with E-state index in [2.05, 4.69) is 16.7 Å². The quantitative estimate of drug-likeness (QED) is 0.672. The second-order valence-electron chi connectivity index (χ2n) is 5.57. The smallest absolute Gasteiger partial charge is 0.331 e. The first-order valence-corrected chi connectivity index (χ1v) is 7.96. The van der Waals surface area contributed by atoms with Crippen molar-refractivity contribution in [2.75, 3.05) is 0 Å². The van der Waals surface area contributed by atoms with Crippen molar-refractivity contribution in [2.24, 2.45) is 0 Å². The minimum atomic E-state index is -1.07. The van der Waals surface area contributed by atoms with Crippen molar-refractivity contribution in [3.8, 4) is 11.1 Å². The molecule has 0 saturated carbocycles. The van der Waals surface area contributed by atoms with Crippen LogP contribution in [0.25, 0.3) is 11.1 Å². The molecule has 126 valence electrons. The van der Waals surface area contributed by atoms with Crippen LogP contribution in [0.1, 0.15) is 17.3 Å². The van der Waals surface area contributed by atoms with E-state index in [1.54, 1.807) is 0 Å². The van der Waals surface area contributed by atoms with Gasteiger partial charge in [0, 0.05) is 17.0 Å². The van der Waals surface area contributed by atoms with Gasteiger partial charge in [-0.05, 0) is 28.8 Å². The number of carbonyl (C=O) groups is 1. The van der Waals surface area contributed by atoms with Gasteiger partial charge in [-0.25, -0.2) is 4.79 Å². The number of carboxylic acids is 1. The molecular weight excluding hydrogens is 340 g/mol. The highest BCUT2D eigenvalue weighted by atomic mass is 35.5. The van der Waals surface area contributed by atoms with Crippen LogP contribution < -0.4 is 0 Å². The normalized spacial score (nSPS) is 10.6. The van der Waals surface area contributed by atoms with Gasteiger partial charge in [-0.2, -0.15) is 4.98 Å². The van der Waals surface area contributed by atoms with Crippen LogP contribution in [-0.2, 0) is 17.6 Å². The second-order valence-corrected chi connectivity index (χ2v) is 6.01. The van der Waals surface area contributed by atoms with Crippen LogP contribution in [0.15, 0.2) is 65.2 Å². The zero-order valence-electron chi connectivity index (χ0n) is 13.3. The maximum Gasteiger partial charge on any atom is 0.331 e. The Balaban J connectivity index is 1.67. The number of carboxylic acid groups (broad SMARTS) is 1. The van der Waals surface area contributed by atoms with E-state index in [1.807, 2.05) is 48.5 Å². The van der Waals surface area contributed by atoms with E-state index in [0.717, 1.165) is 16.7 Å². The lowest BCUT2D eigenvalue weighted by Gasteiger charge is -2.03. The minimum Gasteiger partial charge on any atom is -0.478 e. The van der Waals surface area contributed by atoms with Crippen LogP contribution in [0.4, 0.5) is 0 Å². The molecule has 1 heterocycles. The number of aromatic nitrogens is 2. The van der Waals surface area contributed by atoms with Crippen molar-refractivity contribution >= 4 is 17.6 Å². The van der Waals surface area contributed by atoms with Gasteiger partial charge in [-0.1, -0.05) is 59.7 Å². The van der Waals surface area contributed by atoms with Gasteiger partial charge in [0.05, 0.1) is 6.42 Å². The van der Waals surface area contributed by atoms with Gasteiger partial charge in [0.15, 0.2) is 5.82 Å². The Labute approximate surface area is 149 Å². The Kier molecular flexibility index (Phi) is 4.95. The summed E-state index contributed by atoms with van der Waals surface area (Å²) in [4.78, 5) is 15.0. The van der Waals surface area contributed by atoms with E-state index in [4.69, 9.17) is 21.2 Å². The Morgan fingerprint density at radius 3 is 2.28 bits per heavy atom. The molecule has 0 fully saturated rings. The number of rotatable bonds is 6. The summed E-state index contributed by atoms with van der Waals surface area (Å²) in [5, 5.41) is 13.4. The molecule has 5 nitrogen and oxygen atoms in total. The van der Waals surface area contributed by atoms with Crippen molar-refractivity contribution < 1.29 is 14.4 Å². The molecule has 0 aliphatic carbocycles. The summed E-state index contributed by atoms with van der Waals surface area (Å²) in [6.45, 7) is 3.45. The highest BCUT2D eigenvalue weighted by Gasteiger charge is 2.12. The molecule has 3 aromatic rings. The lowest BCUT2D eigenvalue weighted by molar-refractivity contribution is -0.132. The fraction of sp³-hybridized carbons (Fsp3) is 0.105. The summed E-state index contributed by atoms with van der Waals surface area (Å²) >= 11 is 5.90. The fourth-order valence-electron chi connectivity index (χ4n) is 2.33. The van der Waals surface area contributed by atoms with Gasteiger partial charge in [0.25, 0.3) is 0 Å². The molecule has 0 radical (unpaired) electrons. The highest BCUT2D eigenvalue weighted by Crippen LogP contribution is 2.22. The lowest BCUT2D eigenvalue weighted by Crippen LogP contribution is -2.02. The van der Waals surface area contributed by atoms with E-state index in [9.17, 15) is 4.79 Å². The molecular formula is C19H15ClN2O3. The molecule has 6 heteroatoms. The van der Waals surface area contributed by atoms with Gasteiger partial charge in [0.1, 0.15) is 0 Å². The zero-order valence-corrected chi connectivity index (χ0v) is 14.0. The summed E-state index contributed by atoms with van der Waals surface area (Å²) < 4.78 is 5.06. The largest absolute Gasteiger partial charge is 0.478 e. The van der Waals surface area contributed by atoms with Gasteiger partial charge in [0.2, 0.25) is 5.89 Å². The second kappa shape index (κ2) is 7.32. The third kappa shape index (κ3) is 4.33. The fourth-order valence-corrected chi connectivity index (χ4v) is 2.46. The Hall–Kier alpha value is -2.92. The van der Waals surface area contributed by atoms with Gasteiger partial charge >= 0.3 is 5.97 Å². The van der Waals surface area contributed by atoms with Crippen LogP contribution in [0.5, 0.6) is 0 Å². The Morgan fingerprint density at radius 1 is 1.08 bits per heavy atom. The summed E-state index contributed by atoms with van der Waals surface area (Å²) in [5.74, 6) is -0.315.